The van der Waals surface area contributed by atoms with E-state index in [1.54, 1.807) is 16.8 Å². The lowest BCUT2D eigenvalue weighted by Crippen LogP contribution is -2.48. The topological polar surface area (TPSA) is 65.4 Å². The molecule has 0 aliphatic carbocycles. The second-order valence-corrected chi connectivity index (χ2v) is 8.45. The van der Waals surface area contributed by atoms with E-state index in [1.165, 1.54) is 17.8 Å². The first-order chi connectivity index (χ1) is 12.0. The highest BCUT2D eigenvalue weighted by Crippen LogP contribution is 2.49. The third-order valence-corrected chi connectivity index (χ3v) is 6.36. The average Bonchev–Trinajstić information content (AvgIpc) is 3.03. The van der Waals surface area contributed by atoms with Gasteiger partial charge < -0.3 is 10.5 Å². The molecular formula is C17H18BrFN4OS. The van der Waals surface area contributed by atoms with Gasteiger partial charge in [-0.2, -0.15) is 5.10 Å². The normalized spacial score (nSPS) is 29.2. The van der Waals surface area contributed by atoms with Gasteiger partial charge in [0.2, 0.25) is 0 Å². The first kappa shape index (κ1) is 17.1. The van der Waals surface area contributed by atoms with E-state index in [1.807, 2.05) is 19.4 Å². The monoisotopic (exact) mass is 424 g/mol. The van der Waals surface area contributed by atoms with Crippen LogP contribution >= 0.6 is 27.7 Å². The van der Waals surface area contributed by atoms with Crippen LogP contribution in [0.25, 0.3) is 0 Å². The molecule has 0 spiro atoms. The Hall–Kier alpha value is -1.38. The minimum absolute atomic E-state index is 0.0582. The van der Waals surface area contributed by atoms with Crippen LogP contribution < -0.4 is 5.73 Å². The fourth-order valence-electron chi connectivity index (χ4n) is 3.64. The summed E-state index contributed by atoms with van der Waals surface area (Å²) >= 11 is 4.97. The number of aliphatic imine (C=N–C) groups is 1. The molecule has 1 aromatic heterocycles. The van der Waals surface area contributed by atoms with Crippen molar-refractivity contribution in [1.29, 1.82) is 0 Å². The highest BCUT2D eigenvalue weighted by atomic mass is 79.9. The summed E-state index contributed by atoms with van der Waals surface area (Å²) in [7, 11) is 1.88. The van der Waals surface area contributed by atoms with Crippen LogP contribution in [0.3, 0.4) is 0 Å². The number of benzene rings is 1. The molecule has 25 heavy (non-hydrogen) atoms. The fraction of sp³-hybridized carbons (Fsp3) is 0.412. The van der Waals surface area contributed by atoms with Crippen molar-refractivity contribution in [2.45, 2.75) is 18.1 Å². The van der Waals surface area contributed by atoms with Crippen LogP contribution in [0, 0.1) is 11.7 Å². The Morgan fingerprint density at radius 1 is 1.48 bits per heavy atom. The SMILES string of the molecule is Cn1cc([C@H]2C[C@H]3CSC(N)=N[C@@]3(c3cc(Br)ccc3F)CO2)cn1. The molecule has 2 aliphatic heterocycles. The molecule has 4 rings (SSSR count). The van der Waals surface area contributed by atoms with Crippen molar-refractivity contribution in [3.8, 4) is 0 Å². The van der Waals surface area contributed by atoms with Gasteiger partial charge in [-0.25, -0.2) is 9.38 Å². The molecule has 5 nitrogen and oxygen atoms in total. The second-order valence-electron chi connectivity index (χ2n) is 6.49. The molecule has 0 saturated carbocycles. The Morgan fingerprint density at radius 3 is 3.08 bits per heavy atom. The number of nitrogens with zero attached hydrogens (tertiary/aromatic N) is 3. The highest BCUT2D eigenvalue weighted by molar-refractivity contribution is 9.10. The summed E-state index contributed by atoms with van der Waals surface area (Å²) in [6.45, 7) is 0.297. The van der Waals surface area contributed by atoms with Crippen molar-refractivity contribution in [2.75, 3.05) is 12.4 Å². The summed E-state index contributed by atoms with van der Waals surface area (Å²) in [5.74, 6) is 0.647. The van der Waals surface area contributed by atoms with E-state index in [0.29, 0.717) is 17.3 Å². The molecular weight excluding hydrogens is 407 g/mol. The molecule has 3 atom stereocenters. The lowest BCUT2D eigenvalue weighted by Gasteiger charge is -2.46. The Bertz CT molecular complexity index is 842. The number of aryl methyl sites for hydroxylation is 1. The van der Waals surface area contributed by atoms with Crippen LogP contribution in [0.5, 0.6) is 0 Å². The summed E-state index contributed by atoms with van der Waals surface area (Å²) in [5, 5.41) is 4.71. The van der Waals surface area contributed by atoms with Gasteiger partial charge in [0.05, 0.1) is 18.9 Å². The standard InChI is InChI=1S/C17H18BrFN4OS/c1-23-7-10(6-21-23)15-4-11-8-25-16(20)22-17(11,9-24-15)13-5-12(18)2-3-14(13)19/h2-3,5-7,11,15H,4,8-9H2,1H3,(H2,20,22)/t11-,15+,17-/m0/s1. The number of rotatable bonds is 2. The van der Waals surface area contributed by atoms with Crippen molar-refractivity contribution in [3.05, 3.63) is 52.0 Å². The second kappa shape index (κ2) is 6.41. The molecule has 2 aliphatic rings. The Balaban J connectivity index is 1.74. The van der Waals surface area contributed by atoms with E-state index >= 15 is 0 Å². The largest absolute Gasteiger partial charge is 0.379 e. The van der Waals surface area contributed by atoms with Crippen LogP contribution in [0.15, 0.2) is 40.1 Å². The van der Waals surface area contributed by atoms with Crippen molar-refractivity contribution < 1.29 is 9.13 Å². The van der Waals surface area contributed by atoms with E-state index in [4.69, 9.17) is 15.5 Å². The van der Waals surface area contributed by atoms with Crippen LogP contribution in [-0.2, 0) is 17.3 Å². The van der Waals surface area contributed by atoms with Gasteiger partial charge >= 0.3 is 0 Å². The van der Waals surface area contributed by atoms with Crippen LogP contribution in [0.1, 0.15) is 23.7 Å². The third kappa shape index (κ3) is 3.00. The Kier molecular flexibility index (Phi) is 4.37. The zero-order valence-electron chi connectivity index (χ0n) is 13.7. The minimum Gasteiger partial charge on any atom is -0.379 e. The number of hydrogen-bond acceptors (Lipinski definition) is 5. The van der Waals surface area contributed by atoms with E-state index in [-0.39, 0.29) is 17.8 Å². The predicted molar refractivity (Wildman–Crippen MR) is 99.9 cm³/mol. The minimum atomic E-state index is -0.776. The van der Waals surface area contributed by atoms with Crippen molar-refractivity contribution in [2.24, 2.45) is 23.7 Å². The van der Waals surface area contributed by atoms with Crippen LogP contribution in [0.4, 0.5) is 4.39 Å². The highest BCUT2D eigenvalue weighted by Gasteiger charge is 2.49. The quantitative estimate of drug-likeness (QED) is 0.802. The molecule has 2 aromatic rings. The van der Waals surface area contributed by atoms with Gasteiger partial charge in [0.15, 0.2) is 5.17 Å². The molecule has 0 radical (unpaired) electrons. The maximum Gasteiger partial charge on any atom is 0.154 e. The number of amidine groups is 1. The number of nitrogens with two attached hydrogens (primary N) is 1. The van der Waals surface area contributed by atoms with Gasteiger partial charge in [-0.05, 0) is 24.6 Å². The molecule has 1 fully saturated rings. The number of fused-ring (bicyclic) bond motifs is 1. The van der Waals surface area contributed by atoms with Crippen LogP contribution in [0.2, 0.25) is 0 Å². The molecule has 0 unspecified atom stereocenters. The molecule has 3 heterocycles. The smallest absolute Gasteiger partial charge is 0.154 e. The summed E-state index contributed by atoms with van der Waals surface area (Å²) in [5.41, 5.74) is 6.82. The van der Waals surface area contributed by atoms with Crippen molar-refractivity contribution in [3.63, 3.8) is 0 Å². The van der Waals surface area contributed by atoms with E-state index in [9.17, 15) is 4.39 Å². The molecule has 0 bridgehead atoms. The van der Waals surface area contributed by atoms with Gasteiger partial charge in [-0.1, -0.05) is 27.7 Å². The Labute approximate surface area is 158 Å². The maximum absolute atomic E-state index is 14.7. The molecule has 132 valence electrons. The van der Waals surface area contributed by atoms with Crippen molar-refractivity contribution in [1.82, 2.24) is 9.78 Å². The summed E-state index contributed by atoms with van der Waals surface area (Å²) in [6.07, 6.45) is 4.48. The van der Waals surface area contributed by atoms with Crippen molar-refractivity contribution >= 4 is 32.9 Å². The zero-order valence-corrected chi connectivity index (χ0v) is 16.1. The number of ether oxygens (including phenoxy) is 1. The fourth-order valence-corrected chi connectivity index (χ4v) is 5.01. The molecule has 8 heteroatoms. The summed E-state index contributed by atoms with van der Waals surface area (Å²) in [6, 6.07) is 4.95. The molecule has 0 amide bonds. The van der Waals surface area contributed by atoms with Gasteiger partial charge in [0.1, 0.15) is 11.4 Å². The summed E-state index contributed by atoms with van der Waals surface area (Å²) < 4.78 is 23.4. The molecule has 2 N–H and O–H groups in total. The number of aromatic nitrogens is 2. The summed E-state index contributed by atoms with van der Waals surface area (Å²) in [4.78, 5) is 4.69. The zero-order chi connectivity index (χ0) is 17.6. The number of halogens is 2. The predicted octanol–water partition coefficient (Wildman–Crippen LogP) is 3.36. The number of hydrogen-bond donors (Lipinski definition) is 1. The molecule has 1 aromatic carbocycles. The van der Waals surface area contributed by atoms with Gasteiger partial charge in [-0.3, -0.25) is 4.68 Å². The van der Waals surface area contributed by atoms with Gasteiger partial charge in [-0.15, -0.1) is 0 Å². The third-order valence-electron chi connectivity index (χ3n) is 4.91. The lowest BCUT2D eigenvalue weighted by molar-refractivity contribution is -0.0588. The van der Waals surface area contributed by atoms with E-state index in [0.717, 1.165) is 22.2 Å². The Morgan fingerprint density at radius 2 is 2.32 bits per heavy atom. The van der Waals surface area contributed by atoms with E-state index in [2.05, 4.69) is 21.0 Å². The van der Waals surface area contributed by atoms with Crippen LogP contribution in [-0.4, -0.2) is 27.3 Å². The first-order valence-electron chi connectivity index (χ1n) is 8.02. The number of thioether (sulfide) groups is 1. The maximum atomic E-state index is 14.7. The average molecular weight is 425 g/mol. The molecule has 1 saturated heterocycles. The van der Waals surface area contributed by atoms with Gasteiger partial charge in [0, 0.05) is 40.5 Å². The first-order valence-corrected chi connectivity index (χ1v) is 9.79. The van der Waals surface area contributed by atoms with Gasteiger partial charge in [0.25, 0.3) is 0 Å². The lowest BCUT2D eigenvalue weighted by atomic mass is 9.74. The van der Waals surface area contributed by atoms with E-state index < -0.39 is 5.54 Å².